The zero-order valence-electron chi connectivity index (χ0n) is 16.7. The Balaban J connectivity index is 1.59. The molecule has 2 fully saturated rings. The smallest absolute Gasteiger partial charge is 0.128 e. The summed E-state index contributed by atoms with van der Waals surface area (Å²) in [6.07, 6.45) is 1.78. The van der Waals surface area contributed by atoms with Crippen molar-refractivity contribution in [3.05, 3.63) is 71.0 Å². The standard InChI is InChI=1S/C24H29FO2/c1-16(2)24-14-22(26-15-18-10-6-8-12-21(18)25)23(4,27-24)13-20(24)19-11-7-5-9-17(19)3/h5-12,16,20,22H,13-15H2,1-4H3/t20?,22-,23+,24-/m1/s1. The van der Waals surface area contributed by atoms with E-state index in [0.717, 1.165) is 12.8 Å². The van der Waals surface area contributed by atoms with E-state index in [2.05, 4.69) is 52.0 Å². The van der Waals surface area contributed by atoms with E-state index in [1.807, 2.05) is 6.07 Å². The van der Waals surface area contributed by atoms with Crippen LogP contribution in [-0.4, -0.2) is 17.3 Å². The molecular formula is C24H29FO2. The van der Waals surface area contributed by atoms with E-state index in [9.17, 15) is 4.39 Å². The van der Waals surface area contributed by atoms with Gasteiger partial charge in [0, 0.05) is 17.9 Å². The summed E-state index contributed by atoms with van der Waals surface area (Å²) in [7, 11) is 0. The van der Waals surface area contributed by atoms with Crippen molar-refractivity contribution in [1.29, 1.82) is 0 Å². The van der Waals surface area contributed by atoms with E-state index >= 15 is 0 Å². The summed E-state index contributed by atoms with van der Waals surface area (Å²) < 4.78 is 26.9. The number of hydrogen-bond acceptors (Lipinski definition) is 2. The average molecular weight is 368 g/mol. The maximum atomic E-state index is 14.0. The Kier molecular flexibility index (Phi) is 4.64. The maximum Gasteiger partial charge on any atom is 0.128 e. The van der Waals surface area contributed by atoms with Crippen LogP contribution in [0.2, 0.25) is 0 Å². The number of halogens is 1. The van der Waals surface area contributed by atoms with Crippen molar-refractivity contribution in [1.82, 2.24) is 0 Å². The molecule has 4 atom stereocenters. The average Bonchev–Trinajstić information content (AvgIpc) is 3.11. The number of aryl methyl sites for hydroxylation is 1. The zero-order chi connectivity index (χ0) is 19.2. The molecule has 2 aliphatic heterocycles. The monoisotopic (exact) mass is 368 g/mol. The number of rotatable bonds is 5. The van der Waals surface area contributed by atoms with Crippen LogP contribution in [0.15, 0.2) is 48.5 Å². The first-order valence-corrected chi connectivity index (χ1v) is 9.96. The molecule has 0 N–H and O–H groups in total. The molecule has 27 heavy (non-hydrogen) atoms. The highest BCUT2D eigenvalue weighted by molar-refractivity contribution is 5.36. The molecular weight excluding hydrogens is 339 g/mol. The van der Waals surface area contributed by atoms with Crippen LogP contribution in [0.3, 0.4) is 0 Å². The van der Waals surface area contributed by atoms with Crippen LogP contribution >= 0.6 is 0 Å². The molecule has 144 valence electrons. The van der Waals surface area contributed by atoms with Crippen LogP contribution in [0.1, 0.15) is 56.2 Å². The molecule has 0 spiro atoms. The summed E-state index contributed by atoms with van der Waals surface area (Å²) in [5.41, 5.74) is 2.77. The molecule has 0 radical (unpaired) electrons. The van der Waals surface area contributed by atoms with Crippen LogP contribution in [-0.2, 0) is 16.1 Å². The fourth-order valence-electron chi connectivity index (χ4n) is 5.16. The molecule has 0 amide bonds. The second-order valence-electron chi connectivity index (χ2n) is 8.73. The van der Waals surface area contributed by atoms with Gasteiger partial charge in [0.25, 0.3) is 0 Å². The third-order valence-corrected chi connectivity index (χ3v) is 6.75. The van der Waals surface area contributed by atoms with Gasteiger partial charge in [-0.05, 0) is 43.4 Å². The minimum absolute atomic E-state index is 0.0141. The molecule has 0 aromatic heterocycles. The van der Waals surface area contributed by atoms with Crippen LogP contribution < -0.4 is 0 Å². The molecule has 0 saturated carbocycles. The Morgan fingerprint density at radius 3 is 2.52 bits per heavy atom. The van der Waals surface area contributed by atoms with Gasteiger partial charge in [-0.2, -0.15) is 0 Å². The van der Waals surface area contributed by atoms with Gasteiger partial charge in [0.05, 0.1) is 23.9 Å². The highest BCUT2D eigenvalue weighted by Crippen LogP contribution is 2.62. The second-order valence-corrected chi connectivity index (χ2v) is 8.73. The molecule has 2 aromatic rings. The molecule has 2 bridgehead atoms. The van der Waals surface area contributed by atoms with Gasteiger partial charge >= 0.3 is 0 Å². The van der Waals surface area contributed by atoms with Gasteiger partial charge in [0.15, 0.2) is 0 Å². The fourth-order valence-corrected chi connectivity index (χ4v) is 5.16. The molecule has 0 aliphatic carbocycles. The van der Waals surface area contributed by atoms with Crippen molar-refractivity contribution in [3.63, 3.8) is 0 Å². The van der Waals surface area contributed by atoms with Gasteiger partial charge in [-0.1, -0.05) is 56.3 Å². The molecule has 2 heterocycles. The minimum Gasteiger partial charge on any atom is -0.370 e. The van der Waals surface area contributed by atoms with Crippen LogP contribution in [0.25, 0.3) is 0 Å². The Morgan fingerprint density at radius 1 is 1.11 bits per heavy atom. The predicted molar refractivity (Wildman–Crippen MR) is 105 cm³/mol. The van der Waals surface area contributed by atoms with Crippen molar-refractivity contribution in [3.8, 4) is 0 Å². The normalized spacial score (nSPS) is 32.4. The molecule has 2 nitrogen and oxygen atoms in total. The van der Waals surface area contributed by atoms with Gasteiger partial charge in [0.2, 0.25) is 0 Å². The lowest BCUT2D eigenvalue weighted by molar-refractivity contribution is -0.0974. The van der Waals surface area contributed by atoms with Gasteiger partial charge in [-0.3, -0.25) is 0 Å². The number of benzene rings is 2. The van der Waals surface area contributed by atoms with Gasteiger partial charge < -0.3 is 9.47 Å². The third-order valence-electron chi connectivity index (χ3n) is 6.75. The van der Waals surface area contributed by atoms with Gasteiger partial charge in [-0.25, -0.2) is 4.39 Å². The van der Waals surface area contributed by atoms with E-state index in [-0.39, 0.29) is 23.1 Å². The lowest BCUT2D eigenvalue weighted by Crippen LogP contribution is -2.43. The van der Waals surface area contributed by atoms with Crippen LogP contribution in [0, 0.1) is 18.7 Å². The number of ether oxygens (including phenoxy) is 2. The lowest BCUT2D eigenvalue weighted by Gasteiger charge is -2.39. The zero-order valence-corrected chi connectivity index (χ0v) is 16.7. The first-order valence-electron chi connectivity index (χ1n) is 9.96. The summed E-state index contributed by atoms with van der Waals surface area (Å²) >= 11 is 0. The number of fused-ring (bicyclic) bond motifs is 2. The molecule has 3 heteroatoms. The summed E-state index contributed by atoms with van der Waals surface area (Å²) in [6, 6.07) is 15.5. The molecule has 4 rings (SSSR count). The van der Waals surface area contributed by atoms with Crippen molar-refractivity contribution in [2.24, 2.45) is 5.92 Å². The summed E-state index contributed by atoms with van der Waals surface area (Å²) in [5.74, 6) is 0.547. The third kappa shape index (κ3) is 3.01. The van der Waals surface area contributed by atoms with Crippen LogP contribution in [0.5, 0.6) is 0 Å². The quantitative estimate of drug-likeness (QED) is 0.666. The first kappa shape index (κ1) is 18.6. The Morgan fingerprint density at radius 2 is 1.81 bits per heavy atom. The summed E-state index contributed by atoms with van der Waals surface area (Å²) in [5, 5.41) is 0. The van der Waals surface area contributed by atoms with E-state index in [1.54, 1.807) is 12.1 Å². The van der Waals surface area contributed by atoms with E-state index in [0.29, 0.717) is 24.0 Å². The van der Waals surface area contributed by atoms with Crippen molar-refractivity contribution in [2.75, 3.05) is 0 Å². The van der Waals surface area contributed by atoms with Gasteiger partial charge in [-0.15, -0.1) is 0 Å². The highest BCUT2D eigenvalue weighted by atomic mass is 19.1. The van der Waals surface area contributed by atoms with Crippen molar-refractivity contribution in [2.45, 2.75) is 70.4 Å². The Bertz CT molecular complexity index is 833. The Hall–Kier alpha value is -1.71. The first-order chi connectivity index (χ1) is 12.9. The minimum atomic E-state index is -0.331. The van der Waals surface area contributed by atoms with E-state index in [4.69, 9.17) is 9.47 Å². The maximum absolute atomic E-state index is 14.0. The number of hydrogen-bond donors (Lipinski definition) is 0. The molecule has 2 saturated heterocycles. The lowest BCUT2D eigenvalue weighted by atomic mass is 9.65. The second kappa shape index (κ2) is 6.72. The molecule has 2 aromatic carbocycles. The van der Waals surface area contributed by atoms with E-state index < -0.39 is 0 Å². The Labute approximate surface area is 161 Å². The summed E-state index contributed by atoms with van der Waals surface area (Å²) in [6.45, 7) is 9.14. The van der Waals surface area contributed by atoms with E-state index in [1.165, 1.54) is 17.2 Å². The van der Waals surface area contributed by atoms with Gasteiger partial charge in [0.1, 0.15) is 5.82 Å². The fraction of sp³-hybridized carbons (Fsp3) is 0.500. The van der Waals surface area contributed by atoms with Crippen molar-refractivity contribution >= 4 is 0 Å². The topological polar surface area (TPSA) is 18.5 Å². The van der Waals surface area contributed by atoms with Crippen molar-refractivity contribution < 1.29 is 13.9 Å². The largest absolute Gasteiger partial charge is 0.370 e. The predicted octanol–water partition coefficient (Wildman–Crippen LogP) is 5.78. The molecule has 2 aliphatic rings. The molecule has 1 unspecified atom stereocenters. The SMILES string of the molecule is Cc1ccccc1C1C[C@]2(C)O[C@@]1(C(C)C)C[C@H]2OCc1ccccc1F. The summed E-state index contributed by atoms with van der Waals surface area (Å²) in [4.78, 5) is 0. The highest BCUT2D eigenvalue weighted by Gasteiger charge is 2.66. The van der Waals surface area contributed by atoms with Crippen LogP contribution in [0.4, 0.5) is 4.39 Å².